The van der Waals surface area contributed by atoms with E-state index in [1.165, 1.54) is 31.5 Å². The third-order valence-corrected chi connectivity index (χ3v) is 6.06. The lowest BCUT2D eigenvalue weighted by Crippen LogP contribution is -2.54. The fraction of sp³-hybridized carbons (Fsp3) is 0.632. The van der Waals surface area contributed by atoms with Crippen LogP contribution >= 0.6 is 12.4 Å². The van der Waals surface area contributed by atoms with Crippen LogP contribution in [0.25, 0.3) is 0 Å². The number of ether oxygens (including phenoxy) is 1. The van der Waals surface area contributed by atoms with Crippen molar-refractivity contribution in [2.24, 2.45) is 5.92 Å². The number of nitrogens with zero attached hydrogens (tertiary/aromatic N) is 1. The van der Waals surface area contributed by atoms with Gasteiger partial charge in [-0.15, -0.1) is 12.4 Å². The van der Waals surface area contributed by atoms with E-state index in [0.29, 0.717) is 5.92 Å². The summed E-state index contributed by atoms with van der Waals surface area (Å²) in [5.41, 5.74) is 2.03. The zero-order valence-corrected chi connectivity index (χ0v) is 14.6. The van der Waals surface area contributed by atoms with E-state index >= 15 is 0 Å². The first-order valence-corrected chi connectivity index (χ1v) is 8.68. The van der Waals surface area contributed by atoms with Crippen LogP contribution in [0.3, 0.4) is 0 Å². The van der Waals surface area contributed by atoms with Gasteiger partial charge in [-0.2, -0.15) is 0 Å². The van der Waals surface area contributed by atoms with Gasteiger partial charge >= 0.3 is 5.97 Å². The monoisotopic (exact) mass is 335 g/mol. The molecule has 0 radical (unpaired) electrons. The van der Waals surface area contributed by atoms with Crippen LogP contribution in [-0.2, 0) is 14.9 Å². The molecule has 0 aromatic heterocycles. The topological polar surface area (TPSA) is 29.5 Å². The number of fused-ring (bicyclic) bond motifs is 3. The number of piperidine rings is 3. The van der Waals surface area contributed by atoms with Crippen molar-refractivity contribution < 1.29 is 9.53 Å². The first kappa shape index (κ1) is 16.8. The van der Waals surface area contributed by atoms with Crippen molar-refractivity contribution in [1.82, 2.24) is 4.90 Å². The molecule has 1 unspecified atom stereocenters. The number of carbonyl (C=O) groups is 1. The van der Waals surface area contributed by atoms with Crippen LogP contribution in [0.5, 0.6) is 0 Å². The molecular weight excluding hydrogens is 310 g/mol. The van der Waals surface area contributed by atoms with E-state index in [4.69, 9.17) is 4.74 Å². The molecule has 4 heteroatoms. The van der Waals surface area contributed by atoms with Gasteiger partial charge in [-0.05, 0) is 57.2 Å². The van der Waals surface area contributed by atoms with Crippen LogP contribution in [0.4, 0.5) is 0 Å². The first-order chi connectivity index (χ1) is 10.7. The van der Waals surface area contributed by atoms with Gasteiger partial charge in [0.25, 0.3) is 0 Å². The minimum atomic E-state index is -0.361. The highest BCUT2D eigenvalue weighted by atomic mass is 35.5. The number of esters is 1. The van der Waals surface area contributed by atoms with Crippen molar-refractivity contribution in [1.29, 1.82) is 0 Å². The molecule has 126 valence electrons. The average Bonchev–Trinajstić information content (AvgIpc) is 2.49. The maximum Gasteiger partial charge on any atom is 0.316 e. The van der Waals surface area contributed by atoms with Crippen LogP contribution in [0.2, 0.25) is 0 Å². The van der Waals surface area contributed by atoms with Crippen molar-refractivity contribution in [3.63, 3.8) is 0 Å². The molecule has 1 saturated carbocycles. The second-order valence-electron chi connectivity index (χ2n) is 7.38. The number of carbonyl (C=O) groups excluding carboxylic acids is 1. The Morgan fingerprint density at radius 1 is 1.17 bits per heavy atom. The Balaban J connectivity index is 0.00000156. The molecule has 3 saturated heterocycles. The molecule has 3 nitrogen and oxygen atoms in total. The highest BCUT2D eigenvalue weighted by Gasteiger charge is 2.49. The summed E-state index contributed by atoms with van der Waals surface area (Å²) in [6.45, 7) is 5.40. The van der Waals surface area contributed by atoms with Gasteiger partial charge in [-0.1, -0.05) is 36.2 Å². The Morgan fingerprint density at radius 2 is 1.83 bits per heavy atom. The van der Waals surface area contributed by atoms with Crippen molar-refractivity contribution >= 4 is 18.4 Å². The Bertz CT molecular complexity index is 559. The highest BCUT2D eigenvalue weighted by molar-refractivity contribution is 5.85. The third-order valence-electron chi connectivity index (χ3n) is 6.06. The summed E-state index contributed by atoms with van der Waals surface area (Å²) >= 11 is 0. The SMILES string of the molecule is Cc1ccc(C2(C(=O)OC3CN4CCC3CC4)CCC2)cc1.Cl. The number of benzene rings is 1. The molecule has 0 amide bonds. The fourth-order valence-corrected chi connectivity index (χ4v) is 4.31. The summed E-state index contributed by atoms with van der Waals surface area (Å²) < 4.78 is 6.04. The van der Waals surface area contributed by atoms with E-state index in [1.807, 2.05) is 0 Å². The summed E-state index contributed by atoms with van der Waals surface area (Å²) in [5.74, 6) is 0.616. The van der Waals surface area contributed by atoms with Crippen molar-refractivity contribution in [3.05, 3.63) is 35.4 Å². The lowest BCUT2D eigenvalue weighted by molar-refractivity contribution is -0.169. The van der Waals surface area contributed by atoms with Crippen LogP contribution < -0.4 is 0 Å². The number of hydrogen-bond donors (Lipinski definition) is 0. The lowest BCUT2D eigenvalue weighted by atomic mass is 9.64. The molecule has 5 rings (SSSR count). The predicted octanol–water partition coefficient (Wildman–Crippen LogP) is 3.48. The quantitative estimate of drug-likeness (QED) is 0.792. The van der Waals surface area contributed by atoms with E-state index in [0.717, 1.165) is 31.4 Å². The smallest absolute Gasteiger partial charge is 0.316 e. The van der Waals surface area contributed by atoms with Gasteiger partial charge < -0.3 is 4.74 Å². The summed E-state index contributed by atoms with van der Waals surface area (Å²) in [7, 11) is 0. The molecule has 0 N–H and O–H groups in total. The van der Waals surface area contributed by atoms with Gasteiger partial charge in [-0.25, -0.2) is 0 Å². The number of halogens is 1. The molecule has 23 heavy (non-hydrogen) atoms. The van der Waals surface area contributed by atoms with Gasteiger partial charge in [0, 0.05) is 6.54 Å². The third kappa shape index (κ3) is 2.89. The summed E-state index contributed by atoms with van der Waals surface area (Å²) in [6.07, 6.45) is 5.51. The first-order valence-electron chi connectivity index (χ1n) is 8.68. The van der Waals surface area contributed by atoms with E-state index in [2.05, 4.69) is 36.1 Å². The molecule has 1 aliphatic carbocycles. The zero-order valence-electron chi connectivity index (χ0n) is 13.8. The van der Waals surface area contributed by atoms with E-state index < -0.39 is 0 Å². The standard InChI is InChI=1S/C19H25NO2.ClH/c1-14-3-5-16(6-4-14)19(9-2-10-19)18(21)22-17-13-20-11-7-15(17)8-12-20;/h3-6,15,17H,2,7-13H2,1H3;1H. The molecular formula is C19H26ClNO2. The largest absolute Gasteiger partial charge is 0.460 e. The van der Waals surface area contributed by atoms with Gasteiger partial charge in [0.2, 0.25) is 0 Å². The Hall–Kier alpha value is -1.06. The average molecular weight is 336 g/mol. The molecule has 1 aromatic rings. The molecule has 4 aliphatic rings. The minimum Gasteiger partial charge on any atom is -0.460 e. The van der Waals surface area contributed by atoms with E-state index in [9.17, 15) is 4.79 Å². The normalized spacial score (nSPS) is 30.9. The van der Waals surface area contributed by atoms with Crippen LogP contribution in [0.1, 0.15) is 43.2 Å². The molecule has 4 fully saturated rings. The molecule has 3 heterocycles. The fourth-order valence-electron chi connectivity index (χ4n) is 4.31. The van der Waals surface area contributed by atoms with Crippen LogP contribution in [-0.4, -0.2) is 36.6 Å². The number of aryl methyl sites for hydroxylation is 1. The molecule has 1 aromatic carbocycles. The van der Waals surface area contributed by atoms with E-state index in [-0.39, 0.29) is 29.9 Å². The van der Waals surface area contributed by atoms with Gasteiger partial charge in [-0.3, -0.25) is 9.69 Å². The lowest BCUT2D eigenvalue weighted by Gasteiger charge is -2.46. The van der Waals surface area contributed by atoms with Crippen LogP contribution in [0.15, 0.2) is 24.3 Å². The number of hydrogen-bond acceptors (Lipinski definition) is 3. The Labute approximate surface area is 144 Å². The van der Waals surface area contributed by atoms with E-state index in [1.54, 1.807) is 0 Å². The zero-order chi connectivity index (χ0) is 15.2. The van der Waals surface area contributed by atoms with Crippen molar-refractivity contribution in [3.8, 4) is 0 Å². The van der Waals surface area contributed by atoms with Gasteiger partial charge in [0.1, 0.15) is 6.10 Å². The Morgan fingerprint density at radius 3 is 2.30 bits per heavy atom. The van der Waals surface area contributed by atoms with Gasteiger partial charge in [0.05, 0.1) is 5.41 Å². The van der Waals surface area contributed by atoms with Gasteiger partial charge in [0.15, 0.2) is 0 Å². The molecule has 3 aliphatic heterocycles. The van der Waals surface area contributed by atoms with Crippen LogP contribution in [0, 0.1) is 12.8 Å². The summed E-state index contributed by atoms with van der Waals surface area (Å²) in [5, 5.41) is 0. The summed E-state index contributed by atoms with van der Waals surface area (Å²) in [4.78, 5) is 15.4. The Kier molecular flexibility index (Phi) is 4.70. The maximum absolute atomic E-state index is 12.9. The number of rotatable bonds is 3. The second kappa shape index (κ2) is 6.45. The highest BCUT2D eigenvalue weighted by Crippen LogP contribution is 2.45. The second-order valence-corrected chi connectivity index (χ2v) is 7.38. The van der Waals surface area contributed by atoms with Crippen molar-refractivity contribution in [2.75, 3.05) is 19.6 Å². The predicted molar refractivity (Wildman–Crippen MR) is 93.0 cm³/mol. The van der Waals surface area contributed by atoms with Crippen molar-refractivity contribution in [2.45, 2.75) is 50.5 Å². The summed E-state index contributed by atoms with van der Waals surface area (Å²) in [6, 6.07) is 8.45. The maximum atomic E-state index is 12.9. The molecule has 1 atom stereocenters. The molecule has 0 spiro atoms. The molecule has 2 bridgehead atoms. The minimum absolute atomic E-state index is 0.